The normalized spacial score (nSPS) is 14.5. The van der Waals surface area contributed by atoms with Gasteiger partial charge < -0.3 is 5.73 Å². The van der Waals surface area contributed by atoms with E-state index in [9.17, 15) is 4.79 Å². The monoisotopic (exact) mass is 206 g/mol. The first-order valence-electron chi connectivity index (χ1n) is 5.17. The molecule has 1 aromatic rings. The fraction of sp³-hybridized carbons (Fsp3) is 0.417. The molecule has 82 valence electrons. The Balaban J connectivity index is 2.59. The van der Waals surface area contributed by atoms with E-state index in [2.05, 4.69) is 5.32 Å². The van der Waals surface area contributed by atoms with Gasteiger partial charge in [0.1, 0.15) is 0 Å². The van der Waals surface area contributed by atoms with Gasteiger partial charge in [-0.1, -0.05) is 37.3 Å². The molecular weight excluding hydrogens is 188 g/mol. The summed E-state index contributed by atoms with van der Waals surface area (Å²) in [5.74, 6) is -0.305. The molecule has 0 radical (unpaired) electrons. The van der Waals surface area contributed by atoms with Gasteiger partial charge in [-0.15, -0.1) is 0 Å². The van der Waals surface area contributed by atoms with Gasteiger partial charge in [0, 0.05) is 6.54 Å². The average Bonchev–Trinajstić information content (AvgIpc) is 2.27. The molecule has 0 aromatic heterocycles. The minimum absolute atomic E-state index is 0.305. The van der Waals surface area contributed by atoms with Crippen LogP contribution in [0.5, 0.6) is 0 Å². The maximum Gasteiger partial charge on any atom is 0.237 e. The predicted molar refractivity (Wildman–Crippen MR) is 61.2 cm³/mol. The Hall–Kier alpha value is -1.35. The molecule has 0 saturated heterocycles. The van der Waals surface area contributed by atoms with E-state index in [1.807, 2.05) is 44.2 Å². The highest BCUT2D eigenvalue weighted by Crippen LogP contribution is 2.09. The molecule has 1 atom stereocenters. The number of nitrogens with two attached hydrogens (primary N) is 1. The molecule has 0 bridgehead atoms. The highest BCUT2D eigenvalue weighted by Gasteiger charge is 2.27. The van der Waals surface area contributed by atoms with Crippen molar-refractivity contribution in [1.29, 1.82) is 0 Å². The van der Waals surface area contributed by atoms with Gasteiger partial charge in [0.25, 0.3) is 0 Å². The molecule has 3 heteroatoms. The Morgan fingerprint density at radius 3 is 2.47 bits per heavy atom. The molecule has 0 heterocycles. The van der Waals surface area contributed by atoms with Crippen molar-refractivity contribution in [3.05, 3.63) is 35.9 Å². The van der Waals surface area contributed by atoms with E-state index in [4.69, 9.17) is 5.73 Å². The molecule has 0 fully saturated rings. The molecular formula is C12H18N2O. The van der Waals surface area contributed by atoms with Crippen LogP contribution in [0, 0.1) is 0 Å². The summed E-state index contributed by atoms with van der Waals surface area (Å²) >= 11 is 0. The van der Waals surface area contributed by atoms with E-state index in [1.54, 1.807) is 0 Å². The molecule has 3 N–H and O–H groups in total. The van der Waals surface area contributed by atoms with Gasteiger partial charge in [-0.25, -0.2) is 0 Å². The number of hydrogen-bond acceptors (Lipinski definition) is 2. The Bertz CT molecular complexity index is 324. The minimum Gasteiger partial charge on any atom is -0.368 e. The lowest BCUT2D eigenvalue weighted by Gasteiger charge is -2.25. The third-order valence-corrected chi connectivity index (χ3v) is 2.78. The van der Waals surface area contributed by atoms with Crippen LogP contribution in [0.1, 0.15) is 25.8 Å². The molecule has 0 aliphatic carbocycles. The molecule has 1 rings (SSSR count). The number of rotatable bonds is 5. The van der Waals surface area contributed by atoms with Crippen LogP contribution in [0.3, 0.4) is 0 Å². The van der Waals surface area contributed by atoms with Gasteiger partial charge in [0.05, 0.1) is 5.54 Å². The van der Waals surface area contributed by atoms with Gasteiger partial charge in [0.15, 0.2) is 0 Å². The highest BCUT2D eigenvalue weighted by molar-refractivity contribution is 5.84. The maximum atomic E-state index is 11.2. The van der Waals surface area contributed by atoms with Gasteiger partial charge in [-0.05, 0) is 18.9 Å². The summed E-state index contributed by atoms with van der Waals surface area (Å²) in [6, 6.07) is 9.96. The fourth-order valence-corrected chi connectivity index (χ4v) is 1.28. The Morgan fingerprint density at radius 1 is 1.40 bits per heavy atom. The molecule has 0 aliphatic rings. The van der Waals surface area contributed by atoms with Crippen molar-refractivity contribution in [2.24, 2.45) is 5.73 Å². The summed E-state index contributed by atoms with van der Waals surface area (Å²) in [5, 5.41) is 3.19. The van der Waals surface area contributed by atoms with E-state index in [-0.39, 0.29) is 5.91 Å². The Kier molecular flexibility index (Phi) is 3.86. The van der Waals surface area contributed by atoms with Crippen LogP contribution in [-0.4, -0.2) is 11.4 Å². The van der Waals surface area contributed by atoms with Crippen LogP contribution in [0.4, 0.5) is 0 Å². The van der Waals surface area contributed by atoms with Crippen LogP contribution < -0.4 is 11.1 Å². The summed E-state index contributed by atoms with van der Waals surface area (Å²) in [4.78, 5) is 11.2. The average molecular weight is 206 g/mol. The Labute approximate surface area is 90.7 Å². The van der Waals surface area contributed by atoms with E-state index < -0.39 is 5.54 Å². The summed E-state index contributed by atoms with van der Waals surface area (Å²) < 4.78 is 0. The quantitative estimate of drug-likeness (QED) is 0.765. The van der Waals surface area contributed by atoms with Crippen molar-refractivity contribution in [3.63, 3.8) is 0 Å². The van der Waals surface area contributed by atoms with E-state index in [0.29, 0.717) is 13.0 Å². The predicted octanol–water partition coefficient (Wildman–Crippen LogP) is 1.43. The lowest BCUT2D eigenvalue weighted by molar-refractivity contribution is -0.124. The second-order valence-corrected chi connectivity index (χ2v) is 3.89. The maximum absolute atomic E-state index is 11.2. The van der Waals surface area contributed by atoms with Gasteiger partial charge in [-0.2, -0.15) is 0 Å². The summed E-state index contributed by atoms with van der Waals surface area (Å²) in [6.07, 6.45) is 0.690. The number of nitrogens with one attached hydrogen (secondary N) is 1. The molecule has 0 saturated carbocycles. The Morgan fingerprint density at radius 2 is 2.00 bits per heavy atom. The van der Waals surface area contributed by atoms with Crippen LogP contribution in [0.2, 0.25) is 0 Å². The van der Waals surface area contributed by atoms with Crippen LogP contribution >= 0.6 is 0 Å². The number of amides is 1. The van der Waals surface area contributed by atoms with Crippen molar-refractivity contribution in [2.75, 3.05) is 0 Å². The first-order valence-corrected chi connectivity index (χ1v) is 5.17. The van der Waals surface area contributed by atoms with Gasteiger partial charge in [-0.3, -0.25) is 10.1 Å². The first kappa shape index (κ1) is 11.7. The lowest BCUT2D eigenvalue weighted by Crippen LogP contribution is -2.52. The zero-order valence-corrected chi connectivity index (χ0v) is 9.29. The van der Waals surface area contributed by atoms with E-state index in [1.165, 1.54) is 0 Å². The van der Waals surface area contributed by atoms with E-state index in [0.717, 1.165) is 5.56 Å². The van der Waals surface area contributed by atoms with Crippen LogP contribution in [0.15, 0.2) is 30.3 Å². The third-order valence-electron chi connectivity index (χ3n) is 2.78. The minimum atomic E-state index is -0.615. The largest absolute Gasteiger partial charge is 0.368 e. The standard InChI is InChI=1S/C12H18N2O/c1-3-12(2,11(13)15)14-9-10-7-5-4-6-8-10/h4-8,14H,3,9H2,1-2H3,(H2,13,15). The van der Waals surface area contributed by atoms with Crippen LogP contribution in [-0.2, 0) is 11.3 Å². The zero-order chi connectivity index (χ0) is 11.3. The number of primary amides is 1. The number of carbonyl (C=O) groups excluding carboxylic acids is 1. The molecule has 0 spiro atoms. The SMILES string of the molecule is CCC(C)(NCc1ccccc1)C(N)=O. The topological polar surface area (TPSA) is 55.1 Å². The first-order chi connectivity index (χ1) is 7.08. The second kappa shape index (κ2) is 4.94. The molecule has 15 heavy (non-hydrogen) atoms. The molecule has 3 nitrogen and oxygen atoms in total. The molecule has 1 amide bonds. The van der Waals surface area contributed by atoms with Gasteiger partial charge >= 0.3 is 0 Å². The molecule has 1 aromatic carbocycles. The van der Waals surface area contributed by atoms with Crippen molar-refractivity contribution >= 4 is 5.91 Å². The summed E-state index contributed by atoms with van der Waals surface area (Å²) in [7, 11) is 0. The van der Waals surface area contributed by atoms with Gasteiger partial charge in [0.2, 0.25) is 5.91 Å². The molecule has 0 aliphatic heterocycles. The highest BCUT2D eigenvalue weighted by atomic mass is 16.1. The summed E-state index contributed by atoms with van der Waals surface area (Å²) in [6.45, 7) is 4.44. The van der Waals surface area contributed by atoms with Crippen molar-refractivity contribution in [2.45, 2.75) is 32.4 Å². The van der Waals surface area contributed by atoms with Crippen LogP contribution in [0.25, 0.3) is 0 Å². The smallest absolute Gasteiger partial charge is 0.237 e. The van der Waals surface area contributed by atoms with Crippen molar-refractivity contribution < 1.29 is 4.79 Å². The zero-order valence-electron chi connectivity index (χ0n) is 9.29. The lowest BCUT2D eigenvalue weighted by atomic mass is 9.98. The number of hydrogen-bond donors (Lipinski definition) is 2. The van der Waals surface area contributed by atoms with E-state index >= 15 is 0 Å². The number of carbonyl (C=O) groups is 1. The molecule has 1 unspecified atom stereocenters. The second-order valence-electron chi connectivity index (χ2n) is 3.89. The fourth-order valence-electron chi connectivity index (χ4n) is 1.28. The van der Waals surface area contributed by atoms with Crippen molar-refractivity contribution in [1.82, 2.24) is 5.32 Å². The third kappa shape index (κ3) is 3.06. The van der Waals surface area contributed by atoms with Crippen molar-refractivity contribution in [3.8, 4) is 0 Å². The summed E-state index contributed by atoms with van der Waals surface area (Å²) in [5.41, 5.74) is 5.88. The number of benzene rings is 1.